The molecule has 0 saturated carbocycles. The second-order valence-corrected chi connectivity index (χ2v) is 5.81. The number of benzene rings is 2. The molecule has 0 amide bonds. The molecule has 24 heavy (non-hydrogen) atoms. The van der Waals surface area contributed by atoms with Gasteiger partial charge in [0.05, 0.1) is 5.69 Å². The van der Waals surface area contributed by atoms with Crippen LogP contribution < -0.4 is 0 Å². The first kappa shape index (κ1) is 16.0. The standard InChI is InChI=1S/C20H20N2O2/c1-14-19(15(2)22(3)21-14)20(23)24-13-16-9-11-18(12-10-16)17-7-5-4-6-8-17/h4-12H,13H2,1-3H3. The highest BCUT2D eigenvalue weighted by Crippen LogP contribution is 2.20. The highest BCUT2D eigenvalue weighted by Gasteiger charge is 2.18. The van der Waals surface area contributed by atoms with Crippen LogP contribution in [-0.2, 0) is 18.4 Å². The van der Waals surface area contributed by atoms with Crippen LogP contribution in [0.25, 0.3) is 11.1 Å². The first-order valence-electron chi connectivity index (χ1n) is 7.88. The smallest absolute Gasteiger partial charge is 0.342 e. The van der Waals surface area contributed by atoms with Crippen molar-refractivity contribution in [3.63, 3.8) is 0 Å². The summed E-state index contributed by atoms with van der Waals surface area (Å²) in [5, 5.41) is 4.25. The number of aromatic nitrogens is 2. The van der Waals surface area contributed by atoms with Crippen LogP contribution in [0, 0.1) is 13.8 Å². The van der Waals surface area contributed by atoms with E-state index < -0.39 is 0 Å². The van der Waals surface area contributed by atoms with E-state index in [1.54, 1.807) is 4.68 Å². The lowest BCUT2D eigenvalue weighted by atomic mass is 10.0. The van der Waals surface area contributed by atoms with E-state index in [2.05, 4.69) is 17.2 Å². The summed E-state index contributed by atoms with van der Waals surface area (Å²) in [5.74, 6) is -0.328. The molecular weight excluding hydrogens is 300 g/mol. The SMILES string of the molecule is Cc1nn(C)c(C)c1C(=O)OCc1ccc(-c2ccccc2)cc1. The maximum absolute atomic E-state index is 12.3. The molecule has 4 heteroatoms. The summed E-state index contributed by atoms with van der Waals surface area (Å²) in [6.07, 6.45) is 0. The zero-order valence-electron chi connectivity index (χ0n) is 14.1. The molecule has 0 aliphatic rings. The third-order valence-electron chi connectivity index (χ3n) is 4.14. The van der Waals surface area contributed by atoms with Crippen molar-refractivity contribution in [2.75, 3.05) is 0 Å². The molecule has 0 bridgehead atoms. The lowest BCUT2D eigenvalue weighted by molar-refractivity contribution is 0.0471. The number of rotatable bonds is 4. The third kappa shape index (κ3) is 3.23. The number of esters is 1. The number of ether oxygens (including phenoxy) is 1. The van der Waals surface area contributed by atoms with E-state index in [1.807, 2.05) is 63.4 Å². The Morgan fingerprint density at radius 1 is 1.00 bits per heavy atom. The van der Waals surface area contributed by atoms with E-state index in [0.717, 1.165) is 16.8 Å². The summed E-state index contributed by atoms with van der Waals surface area (Å²) in [5.41, 5.74) is 5.34. The summed E-state index contributed by atoms with van der Waals surface area (Å²) in [7, 11) is 1.82. The van der Waals surface area contributed by atoms with E-state index in [1.165, 1.54) is 5.56 Å². The Kier molecular flexibility index (Phi) is 4.47. The Hall–Kier alpha value is -2.88. The Morgan fingerprint density at radius 3 is 2.21 bits per heavy atom. The number of aryl methyl sites for hydroxylation is 2. The number of hydrogen-bond donors (Lipinski definition) is 0. The fraction of sp³-hybridized carbons (Fsp3) is 0.200. The van der Waals surface area contributed by atoms with Crippen LogP contribution in [0.5, 0.6) is 0 Å². The molecule has 2 aromatic carbocycles. The topological polar surface area (TPSA) is 44.1 Å². The lowest BCUT2D eigenvalue weighted by Crippen LogP contribution is -2.08. The maximum Gasteiger partial charge on any atom is 0.342 e. The molecule has 0 saturated heterocycles. The Morgan fingerprint density at radius 2 is 1.62 bits per heavy atom. The summed E-state index contributed by atoms with van der Waals surface area (Å²) in [6.45, 7) is 3.94. The Balaban J connectivity index is 1.68. The molecule has 1 aromatic heterocycles. The molecule has 0 atom stereocenters. The minimum atomic E-state index is -0.328. The van der Waals surface area contributed by atoms with Crippen LogP contribution in [-0.4, -0.2) is 15.7 Å². The molecule has 3 aromatic rings. The first-order valence-corrected chi connectivity index (χ1v) is 7.88. The van der Waals surface area contributed by atoms with Gasteiger partial charge in [0.2, 0.25) is 0 Å². The van der Waals surface area contributed by atoms with E-state index in [0.29, 0.717) is 11.3 Å². The van der Waals surface area contributed by atoms with Crippen LogP contribution in [0.2, 0.25) is 0 Å². The molecule has 3 rings (SSSR count). The summed E-state index contributed by atoms with van der Waals surface area (Å²) in [6, 6.07) is 18.2. The predicted octanol–water partition coefficient (Wildman–Crippen LogP) is 4.06. The van der Waals surface area contributed by atoms with Crippen LogP contribution in [0.3, 0.4) is 0 Å². The van der Waals surface area contributed by atoms with Gasteiger partial charge in [0.15, 0.2) is 0 Å². The van der Waals surface area contributed by atoms with Crippen molar-refractivity contribution in [3.8, 4) is 11.1 Å². The lowest BCUT2D eigenvalue weighted by Gasteiger charge is -2.07. The van der Waals surface area contributed by atoms with Gasteiger partial charge in [0, 0.05) is 12.7 Å². The van der Waals surface area contributed by atoms with Crippen molar-refractivity contribution in [3.05, 3.63) is 77.1 Å². The molecule has 1 heterocycles. The average molecular weight is 320 g/mol. The van der Waals surface area contributed by atoms with Crippen molar-refractivity contribution >= 4 is 5.97 Å². The van der Waals surface area contributed by atoms with Crippen molar-refractivity contribution in [2.45, 2.75) is 20.5 Å². The summed E-state index contributed by atoms with van der Waals surface area (Å²) < 4.78 is 7.14. The van der Waals surface area contributed by atoms with Gasteiger partial charge in [-0.2, -0.15) is 5.10 Å². The Labute approximate surface area is 141 Å². The number of hydrogen-bond acceptors (Lipinski definition) is 3. The largest absolute Gasteiger partial charge is 0.457 e. The van der Waals surface area contributed by atoms with Gasteiger partial charge < -0.3 is 4.74 Å². The van der Waals surface area contributed by atoms with Crippen LogP contribution >= 0.6 is 0 Å². The van der Waals surface area contributed by atoms with Gasteiger partial charge in [-0.1, -0.05) is 54.6 Å². The van der Waals surface area contributed by atoms with Crippen LogP contribution in [0.1, 0.15) is 27.3 Å². The minimum Gasteiger partial charge on any atom is -0.457 e. The molecular formula is C20H20N2O2. The quantitative estimate of drug-likeness (QED) is 0.681. The van der Waals surface area contributed by atoms with Crippen LogP contribution in [0.15, 0.2) is 54.6 Å². The highest BCUT2D eigenvalue weighted by atomic mass is 16.5. The Bertz CT molecular complexity index is 849. The van der Waals surface area contributed by atoms with E-state index in [-0.39, 0.29) is 12.6 Å². The van der Waals surface area contributed by atoms with Gasteiger partial charge in [0.1, 0.15) is 12.2 Å². The van der Waals surface area contributed by atoms with Gasteiger partial charge in [0.25, 0.3) is 0 Å². The maximum atomic E-state index is 12.3. The monoisotopic (exact) mass is 320 g/mol. The molecule has 0 unspecified atom stereocenters. The van der Waals surface area contributed by atoms with E-state index >= 15 is 0 Å². The molecule has 0 aliphatic carbocycles. The second-order valence-electron chi connectivity index (χ2n) is 5.81. The zero-order chi connectivity index (χ0) is 17.1. The first-order chi connectivity index (χ1) is 11.6. The second kappa shape index (κ2) is 6.71. The molecule has 0 radical (unpaired) electrons. The van der Waals surface area contributed by atoms with Crippen LogP contribution in [0.4, 0.5) is 0 Å². The normalized spacial score (nSPS) is 10.6. The van der Waals surface area contributed by atoms with E-state index in [9.17, 15) is 4.79 Å². The van der Waals surface area contributed by atoms with Crippen molar-refractivity contribution in [2.24, 2.45) is 7.05 Å². The minimum absolute atomic E-state index is 0.252. The predicted molar refractivity (Wildman–Crippen MR) is 93.7 cm³/mol. The van der Waals surface area contributed by atoms with Gasteiger partial charge in [-0.15, -0.1) is 0 Å². The van der Waals surface area contributed by atoms with Gasteiger partial charge >= 0.3 is 5.97 Å². The van der Waals surface area contributed by atoms with Crippen molar-refractivity contribution in [1.82, 2.24) is 9.78 Å². The van der Waals surface area contributed by atoms with Gasteiger partial charge in [-0.25, -0.2) is 4.79 Å². The molecule has 0 fully saturated rings. The van der Waals surface area contributed by atoms with Gasteiger partial charge in [-0.3, -0.25) is 4.68 Å². The fourth-order valence-electron chi connectivity index (χ4n) is 2.71. The number of nitrogens with zero attached hydrogens (tertiary/aromatic N) is 2. The third-order valence-corrected chi connectivity index (χ3v) is 4.14. The van der Waals surface area contributed by atoms with E-state index in [4.69, 9.17) is 4.74 Å². The molecule has 0 spiro atoms. The van der Waals surface area contributed by atoms with Gasteiger partial charge in [-0.05, 0) is 30.5 Å². The molecule has 0 N–H and O–H groups in total. The highest BCUT2D eigenvalue weighted by molar-refractivity contribution is 5.91. The molecule has 4 nitrogen and oxygen atoms in total. The summed E-state index contributed by atoms with van der Waals surface area (Å²) >= 11 is 0. The number of carbonyl (C=O) groups excluding carboxylic acids is 1. The molecule has 0 aliphatic heterocycles. The van der Waals surface area contributed by atoms with Crippen molar-refractivity contribution in [1.29, 1.82) is 0 Å². The fourth-order valence-corrected chi connectivity index (χ4v) is 2.71. The van der Waals surface area contributed by atoms with Crippen molar-refractivity contribution < 1.29 is 9.53 Å². The summed E-state index contributed by atoms with van der Waals surface area (Å²) in [4.78, 5) is 12.3. The number of carbonyl (C=O) groups is 1. The molecule has 122 valence electrons. The average Bonchev–Trinajstić information content (AvgIpc) is 2.86. The zero-order valence-corrected chi connectivity index (χ0v) is 14.1.